The number of hydrogen-bond acceptors (Lipinski definition) is 1. The molecule has 0 fully saturated rings. The monoisotopic (exact) mass is 602 g/mol. The molecule has 0 amide bonds. The Morgan fingerprint density at radius 2 is 1.13 bits per heavy atom. The summed E-state index contributed by atoms with van der Waals surface area (Å²) in [6.07, 6.45) is 0.772. The lowest BCUT2D eigenvalue weighted by atomic mass is 9.67. The van der Waals surface area contributed by atoms with E-state index in [-0.39, 0.29) is 6.04 Å². The Balaban J connectivity index is 1.30. The van der Waals surface area contributed by atoms with Crippen LogP contribution in [0.1, 0.15) is 39.4 Å². The van der Waals surface area contributed by atoms with Crippen molar-refractivity contribution in [1.82, 2.24) is 4.57 Å². The van der Waals surface area contributed by atoms with Crippen molar-refractivity contribution in [1.29, 1.82) is 0 Å². The largest absolute Gasteiger partial charge is 0.324 e. The molecule has 1 aliphatic rings. The van der Waals surface area contributed by atoms with Gasteiger partial charge in [-0.2, -0.15) is 0 Å². The Morgan fingerprint density at radius 3 is 1.87 bits per heavy atom. The minimum Gasteiger partial charge on any atom is -0.324 e. The summed E-state index contributed by atoms with van der Waals surface area (Å²) in [5.41, 5.74) is 20.0. The predicted molar refractivity (Wildman–Crippen MR) is 195 cm³/mol. The van der Waals surface area contributed by atoms with Crippen molar-refractivity contribution in [2.45, 2.75) is 17.9 Å². The average Bonchev–Trinajstić information content (AvgIpc) is 3.62. The molecular formula is C45H34N2. The Kier molecular flexibility index (Phi) is 6.45. The van der Waals surface area contributed by atoms with Gasteiger partial charge in [0.05, 0.1) is 16.4 Å². The summed E-state index contributed by atoms with van der Waals surface area (Å²) in [5, 5.41) is 2.51. The Labute approximate surface area is 275 Å². The van der Waals surface area contributed by atoms with Gasteiger partial charge in [0, 0.05) is 22.5 Å². The molecule has 1 aromatic heterocycles. The molecule has 0 radical (unpaired) electrons. The normalized spacial score (nSPS) is 13.8. The third-order valence-electron chi connectivity index (χ3n) is 10.1. The van der Waals surface area contributed by atoms with Gasteiger partial charge in [0.1, 0.15) is 0 Å². The van der Waals surface area contributed by atoms with Gasteiger partial charge in [-0.25, -0.2) is 0 Å². The van der Waals surface area contributed by atoms with Crippen molar-refractivity contribution in [3.8, 4) is 16.8 Å². The van der Waals surface area contributed by atoms with Crippen LogP contribution in [0.3, 0.4) is 0 Å². The molecule has 8 aromatic rings. The second-order valence-corrected chi connectivity index (χ2v) is 12.7. The molecule has 47 heavy (non-hydrogen) atoms. The second kappa shape index (κ2) is 11.0. The minimum absolute atomic E-state index is 0.0616. The summed E-state index contributed by atoms with van der Waals surface area (Å²) in [6.45, 7) is 0. The van der Waals surface area contributed by atoms with Crippen LogP contribution >= 0.6 is 0 Å². The highest BCUT2D eigenvalue weighted by Crippen LogP contribution is 2.57. The Hall–Kier alpha value is -5.70. The maximum absolute atomic E-state index is 6.70. The van der Waals surface area contributed by atoms with E-state index in [1.165, 1.54) is 60.8 Å². The summed E-state index contributed by atoms with van der Waals surface area (Å²) in [6, 6.07) is 64.0. The Morgan fingerprint density at radius 1 is 0.489 bits per heavy atom. The van der Waals surface area contributed by atoms with E-state index in [9.17, 15) is 0 Å². The fourth-order valence-corrected chi connectivity index (χ4v) is 8.08. The molecule has 1 atom stereocenters. The molecule has 0 saturated carbocycles. The van der Waals surface area contributed by atoms with Crippen LogP contribution in [0.2, 0.25) is 0 Å². The second-order valence-electron chi connectivity index (χ2n) is 12.7. The highest BCUT2D eigenvalue weighted by molar-refractivity contribution is 6.11. The predicted octanol–water partition coefficient (Wildman–Crippen LogP) is 10.4. The number of aromatic nitrogens is 1. The van der Waals surface area contributed by atoms with Gasteiger partial charge in [-0.05, 0) is 81.3 Å². The number of para-hydroxylation sites is 1. The van der Waals surface area contributed by atoms with Gasteiger partial charge >= 0.3 is 0 Å². The number of fused-ring (bicyclic) bond motifs is 6. The molecule has 0 unspecified atom stereocenters. The van der Waals surface area contributed by atoms with Crippen LogP contribution in [0.5, 0.6) is 0 Å². The summed E-state index contributed by atoms with van der Waals surface area (Å²) < 4.78 is 2.44. The lowest BCUT2D eigenvalue weighted by molar-refractivity contribution is 0.721. The molecule has 0 saturated heterocycles. The first-order chi connectivity index (χ1) is 23.2. The molecule has 0 aliphatic heterocycles. The van der Waals surface area contributed by atoms with Gasteiger partial charge in [-0.1, -0.05) is 146 Å². The van der Waals surface area contributed by atoms with E-state index in [0.29, 0.717) is 0 Å². The van der Waals surface area contributed by atoms with Gasteiger partial charge in [-0.15, -0.1) is 0 Å². The van der Waals surface area contributed by atoms with Gasteiger partial charge in [0.15, 0.2) is 0 Å². The first-order valence-electron chi connectivity index (χ1n) is 16.4. The van der Waals surface area contributed by atoms with E-state index in [1.54, 1.807) is 0 Å². The molecular weight excluding hydrogens is 569 g/mol. The van der Waals surface area contributed by atoms with Crippen LogP contribution in [-0.4, -0.2) is 4.57 Å². The van der Waals surface area contributed by atoms with Crippen molar-refractivity contribution in [2.24, 2.45) is 5.73 Å². The molecule has 0 bridgehead atoms. The lowest BCUT2D eigenvalue weighted by Crippen LogP contribution is -2.28. The van der Waals surface area contributed by atoms with Gasteiger partial charge in [0.25, 0.3) is 0 Å². The Bertz CT molecular complexity index is 2350. The molecule has 2 heteroatoms. The topological polar surface area (TPSA) is 30.9 Å². The van der Waals surface area contributed by atoms with E-state index in [0.717, 1.165) is 17.7 Å². The van der Waals surface area contributed by atoms with Crippen molar-refractivity contribution in [3.63, 3.8) is 0 Å². The van der Waals surface area contributed by atoms with E-state index in [2.05, 4.69) is 174 Å². The van der Waals surface area contributed by atoms with Crippen LogP contribution in [0.25, 0.3) is 38.6 Å². The van der Waals surface area contributed by atoms with Crippen LogP contribution in [-0.2, 0) is 11.8 Å². The fraction of sp³-hybridized carbons (Fsp3) is 0.0667. The van der Waals surface area contributed by atoms with Crippen LogP contribution < -0.4 is 5.73 Å². The molecule has 1 aliphatic carbocycles. The minimum atomic E-state index is -0.431. The van der Waals surface area contributed by atoms with Gasteiger partial charge in [0.2, 0.25) is 0 Å². The van der Waals surface area contributed by atoms with E-state index in [4.69, 9.17) is 5.73 Å². The fourth-order valence-electron chi connectivity index (χ4n) is 8.08. The van der Waals surface area contributed by atoms with Crippen LogP contribution in [0.4, 0.5) is 0 Å². The van der Waals surface area contributed by atoms with Crippen molar-refractivity contribution >= 4 is 21.8 Å². The maximum atomic E-state index is 6.70. The van der Waals surface area contributed by atoms with Crippen molar-refractivity contribution < 1.29 is 0 Å². The summed E-state index contributed by atoms with van der Waals surface area (Å²) in [4.78, 5) is 0. The lowest BCUT2D eigenvalue weighted by Gasteiger charge is -2.33. The third-order valence-corrected chi connectivity index (χ3v) is 10.1. The first-order valence-corrected chi connectivity index (χ1v) is 16.4. The van der Waals surface area contributed by atoms with E-state index in [1.807, 2.05) is 6.07 Å². The van der Waals surface area contributed by atoms with Crippen molar-refractivity contribution in [3.05, 3.63) is 209 Å². The van der Waals surface area contributed by atoms with Gasteiger partial charge < -0.3 is 10.3 Å². The number of rotatable bonds is 6. The maximum Gasteiger partial charge on any atom is 0.0713 e. The number of nitrogens with two attached hydrogens (primary N) is 1. The number of nitrogens with zero attached hydrogens (tertiary/aromatic N) is 1. The zero-order valence-corrected chi connectivity index (χ0v) is 26.1. The quantitative estimate of drug-likeness (QED) is 0.202. The standard InChI is InChI=1S/C45H34N2/c46-42(32-16-4-1-5-17-32)28-31-15-14-22-35(27-31)47-43-26-13-11-24-37(43)39-29-41-38(30-44(39)47)36-23-10-12-25-40(36)45(41,33-18-6-2-7-19-33)34-20-8-3-9-21-34/h1-27,29-30,42H,28,46H2/t42-/m1/s1. The average molecular weight is 603 g/mol. The molecule has 0 spiro atoms. The van der Waals surface area contributed by atoms with Gasteiger partial charge in [-0.3, -0.25) is 0 Å². The number of hydrogen-bond donors (Lipinski definition) is 1. The van der Waals surface area contributed by atoms with Crippen LogP contribution in [0, 0.1) is 0 Å². The van der Waals surface area contributed by atoms with E-state index >= 15 is 0 Å². The number of benzene rings is 7. The summed E-state index contributed by atoms with van der Waals surface area (Å²) in [5.74, 6) is 0. The highest BCUT2D eigenvalue weighted by Gasteiger charge is 2.46. The summed E-state index contributed by atoms with van der Waals surface area (Å²) >= 11 is 0. The molecule has 9 rings (SSSR count). The highest BCUT2D eigenvalue weighted by atomic mass is 15.0. The zero-order chi connectivity index (χ0) is 31.4. The molecule has 224 valence electrons. The van der Waals surface area contributed by atoms with Crippen LogP contribution in [0.15, 0.2) is 176 Å². The van der Waals surface area contributed by atoms with Crippen molar-refractivity contribution in [2.75, 3.05) is 0 Å². The third kappa shape index (κ3) is 4.22. The molecule has 2 N–H and O–H groups in total. The smallest absolute Gasteiger partial charge is 0.0713 e. The molecule has 7 aromatic carbocycles. The zero-order valence-electron chi connectivity index (χ0n) is 26.1. The first kappa shape index (κ1) is 27.6. The molecule has 2 nitrogen and oxygen atoms in total. The van der Waals surface area contributed by atoms with E-state index < -0.39 is 5.41 Å². The SMILES string of the molecule is N[C@H](Cc1cccc(-n2c3ccccc3c3cc4c(cc32)-c2ccccc2C4(c2ccccc2)c2ccccc2)c1)c1ccccc1. The summed E-state index contributed by atoms with van der Waals surface area (Å²) in [7, 11) is 0. The molecule has 1 heterocycles.